The van der Waals surface area contributed by atoms with Crippen LogP contribution in [0.1, 0.15) is 16.8 Å². The number of benzene rings is 2. The molecule has 0 fully saturated rings. The van der Waals surface area contributed by atoms with Gasteiger partial charge >= 0.3 is 0 Å². The summed E-state index contributed by atoms with van der Waals surface area (Å²) in [5.41, 5.74) is 4.72. The first kappa shape index (κ1) is 22.3. The lowest BCUT2D eigenvalue weighted by Crippen LogP contribution is -2.39. The number of H-pyrrole nitrogens is 1. The largest absolute Gasteiger partial charge is 0.496 e. The maximum Gasteiger partial charge on any atom is 0.190 e. The number of nitrogens with one attached hydrogen (secondary N) is 3. The molecule has 0 aliphatic heterocycles. The summed E-state index contributed by atoms with van der Waals surface area (Å²) in [6.07, 6.45) is 1.63. The van der Waals surface area contributed by atoms with Gasteiger partial charge in [-0.2, -0.15) is 0 Å². The molecular weight excluding hydrogens is 392 g/mol. The molecule has 1 aromatic heterocycles. The second-order valence-corrected chi connectivity index (χ2v) is 7.21. The van der Waals surface area contributed by atoms with E-state index in [9.17, 15) is 0 Å². The third kappa shape index (κ3) is 5.23. The second kappa shape index (κ2) is 10.6. The number of methoxy groups -OCH3 is 3. The summed E-state index contributed by atoms with van der Waals surface area (Å²) in [5.74, 6) is 2.96. The molecule has 3 N–H and O–H groups in total. The van der Waals surface area contributed by atoms with E-state index in [1.807, 2.05) is 12.1 Å². The van der Waals surface area contributed by atoms with Crippen molar-refractivity contribution in [1.29, 1.82) is 0 Å². The number of aliphatic imine (C=N–C) groups is 1. The van der Waals surface area contributed by atoms with Gasteiger partial charge in [0.15, 0.2) is 5.96 Å². The Labute approximate surface area is 183 Å². The third-order valence-corrected chi connectivity index (χ3v) is 5.40. The van der Waals surface area contributed by atoms with Crippen LogP contribution in [0.2, 0.25) is 0 Å². The van der Waals surface area contributed by atoms with Gasteiger partial charge in [-0.1, -0.05) is 18.2 Å². The zero-order valence-electron chi connectivity index (χ0n) is 19.0. The Morgan fingerprint density at radius 1 is 0.903 bits per heavy atom. The van der Waals surface area contributed by atoms with Gasteiger partial charge in [0.05, 0.1) is 21.3 Å². The van der Waals surface area contributed by atoms with E-state index >= 15 is 0 Å². The Kier molecular flexibility index (Phi) is 7.65. The average Bonchev–Trinajstić information content (AvgIpc) is 3.12. The van der Waals surface area contributed by atoms with Crippen LogP contribution in [0.15, 0.2) is 41.4 Å². The number of aromatic nitrogens is 1. The first-order valence-corrected chi connectivity index (χ1v) is 10.4. The van der Waals surface area contributed by atoms with Crippen molar-refractivity contribution in [3.05, 3.63) is 53.2 Å². The summed E-state index contributed by atoms with van der Waals surface area (Å²) in [6, 6.07) is 12.1. The molecule has 3 aromatic rings. The molecule has 7 heteroatoms. The highest BCUT2D eigenvalue weighted by Gasteiger charge is 2.13. The second-order valence-electron chi connectivity index (χ2n) is 7.21. The number of nitrogens with zero attached hydrogens (tertiary/aromatic N) is 1. The van der Waals surface area contributed by atoms with Gasteiger partial charge in [0, 0.05) is 54.4 Å². The number of para-hydroxylation sites is 1. The number of aryl methyl sites for hydroxylation is 1. The van der Waals surface area contributed by atoms with Gasteiger partial charge in [-0.25, -0.2) is 0 Å². The van der Waals surface area contributed by atoms with Crippen molar-refractivity contribution in [3.8, 4) is 17.2 Å². The van der Waals surface area contributed by atoms with Crippen LogP contribution in [-0.4, -0.2) is 52.4 Å². The first-order chi connectivity index (χ1) is 15.1. The number of hydrogen-bond acceptors (Lipinski definition) is 4. The van der Waals surface area contributed by atoms with Gasteiger partial charge in [0.1, 0.15) is 17.2 Å². The van der Waals surface area contributed by atoms with E-state index in [-0.39, 0.29) is 0 Å². The number of rotatable bonds is 9. The fourth-order valence-corrected chi connectivity index (χ4v) is 3.81. The van der Waals surface area contributed by atoms with Crippen LogP contribution in [0.25, 0.3) is 10.9 Å². The lowest BCUT2D eigenvalue weighted by Gasteiger charge is -2.16. The van der Waals surface area contributed by atoms with E-state index in [0.717, 1.165) is 42.4 Å². The summed E-state index contributed by atoms with van der Waals surface area (Å²) in [6.45, 7) is 3.60. The quantitative estimate of drug-likeness (QED) is 0.362. The van der Waals surface area contributed by atoms with E-state index in [4.69, 9.17) is 14.2 Å². The van der Waals surface area contributed by atoms with Gasteiger partial charge < -0.3 is 29.8 Å². The molecule has 0 unspecified atom stereocenters. The van der Waals surface area contributed by atoms with Crippen LogP contribution in [-0.2, 0) is 12.8 Å². The SMILES string of the molecule is CN=C(NCCc1c(OC)cc(OC)cc1OC)NCCc1c(C)[nH]c2ccccc12. The molecule has 0 spiro atoms. The van der Waals surface area contributed by atoms with Gasteiger partial charge in [0.2, 0.25) is 0 Å². The molecule has 0 amide bonds. The average molecular weight is 425 g/mol. The first-order valence-electron chi connectivity index (χ1n) is 10.4. The molecule has 0 bridgehead atoms. The number of fused-ring (bicyclic) bond motifs is 1. The van der Waals surface area contributed by atoms with Gasteiger partial charge in [-0.3, -0.25) is 4.99 Å². The Morgan fingerprint density at radius 3 is 2.10 bits per heavy atom. The molecule has 0 aliphatic carbocycles. The molecule has 7 nitrogen and oxygen atoms in total. The standard InChI is InChI=1S/C24H32N4O3/c1-16-18(19-8-6-7-9-21(19)28-16)10-12-26-24(25-2)27-13-11-20-22(30-4)14-17(29-3)15-23(20)31-5/h6-9,14-15,28H,10-13H2,1-5H3,(H2,25,26,27). The molecule has 0 radical (unpaired) electrons. The fraction of sp³-hybridized carbons (Fsp3) is 0.375. The molecule has 0 saturated carbocycles. The minimum absolute atomic E-state index is 0.685. The van der Waals surface area contributed by atoms with Gasteiger partial charge in [-0.05, 0) is 31.4 Å². The summed E-state index contributed by atoms with van der Waals surface area (Å²) >= 11 is 0. The molecule has 0 saturated heterocycles. The number of aromatic amines is 1. The monoisotopic (exact) mass is 424 g/mol. The zero-order valence-corrected chi connectivity index (χ0v) is 19.0. The molecule has 2 aromatic carbocycles. The van der Waals surface area contributed by atoms with Crippen LogP contribution in [0.3, 0.4) is 0 Å². The van der Waals surface area contributed by atoms with E-state index in [2.05, 4.69) is 51.8 Å². The highest BCUT2D eigenvalue weighted by atomic mass is 16.5. The van der Waals surface area contributed by atoms with E-state index in [0.29, 0.717) is 12.3 Å². The summed E-state index contributed by atoms with van der Waals surface area (Å²) in [5, 5.41) is 8.05. The molecule has 166 valence electrons. The molecule has 31 heavy (non-hydrogen) atoms. The maximum atomic E-state index is 5.53. The van der Waals surface area contributed by atoms with Crippen LogP contribution in [0.5, 0.6) is 17.2 Å². The maximum absolute atomic E-state index is 5.53. The van der Waals surface area contributed by atoms with E-state index < -0.39 is 0 Å². The lowest BCUT2D eigenvalue weighted by molar-refractivity contribution is 0.368. The molecule has 3 rings (SSSR count). The van der Waals surface area contributed by atoms with Crippen LogP contribution < -0.4 is 24.8 Å². The van der Waals surface area contributed by atoms with E-state index in [1.165, 1.54) is 22.2 Å². The topological polar surface area (TPSA) is 79.9 Å². The number of hydrogen-bond donors (Lipinski definition) is 3. The van der Waals surface area contributed by atoms with E-state index in [1.54, 1.807) is 28.4 Å². The highest BCUT2D eigenvalue weighted by Crippen LogP contribution is 2.34. The van der Waals surface area contributed by atoms with Gasteiger partial charge in [0.25, 0.3) is 0 Å². The van der Waals surface area contributed by atoms with Crippen LogP contribution >= 0.6 is 0 Å². The minimum Gasteiger partial charge on any atom is -0.496 e. The molecular formula is C24H32N4O3. The smallest absolute Gasteiger partial charge is 0.190 e. The summed E-state index contributed by atoms with van der Waals surface area (Å²) < 4.78 is 16.4. The summed E-state index contributed by atoms with van der Waals surface area (Å²) in [7, 11) is 6.71. The van der Waals surface area contributed by atoms with Crippen molar-refractivity contribution >= 4 is 16.9 Å². The Bertz CT molecular complexity index is 1020. The van der Waals surface area contributed by atoms with Crippen LogP contribution in [0, 0.1) is 6.92 Å². The Morgan fingerprint density at radius 2 is 1.52 bits per heavy atom. The van der Waals surface area contributed by atoms with Gasteiger partial charge in [-0.15, -0.1) is 0 Å². The highest BCUT2D eigenvalue weighted by molar-refractivity contribution is 5.84. The predicted octanol–water partition coefficient (Wildman–Crippen LogP) is 3.45. The van der Waals surface area contributed by atoms with Crippen LogP contribution in [0.4, 0.5) is 0 Å². The predicted molar refractivity (Wildman–Crippen MR) is 126 cm³/mol. The minimum atomic E-state index is 0.685. The van der Waals surface area contributed by atoms with Crippen molar-refractivity contribution in [1.82, 2.24) is 15.6 Å². The van der Waals surface area contributed by atoms with Crippen molar-refractivity contribution in [2.75, 3.05) is 41.5 Å². The normalized spacial score (nSPS) is 11.5. The number of ether oxygens (including phenoxy) is 3. The molecule has 0 aliphatic rings. The van der Waals surface area contributed by atoms with Crippen molar-refractivity contribution < 1.29 is 14.2 Å². The Hall–Kier alpha value is -3.35. The zero-order chi connectivity index (χ0) is 22.2. The number of guanidine groups is 1. The van der Waals surface area contributed by atoms with Crippen molar-refractivity contribution in [2.45, 2.75) is 19.8 Å². The third-order valence-electron chi connectivity index (χ3n) is 5.40. The van der Waals surface area contributed by atoms with Crippen molar-refractivity contribution in [3.63, 3.8) is 0 Å². The molecule has 1 heterocycles. The fourth-order valence-electron chi connectivity index (χ4n) is 3.81. The van der Waals surface area contributed by atoms with Crippen molar-refractivity contribution in [2.24, 2.45) is 4.99 Å². The lowest BCUT2D eigenvalue weighted by atomic mass is 10.1. The molecule has 0 atom stereocenters. The Balaban J connectivity index is 1.56. The summed E-state index contributed by atoms with van der Waals surface area (Å²) in [4.78, 5) is 7.79.